The maximum Gasteiger partial charge on any atom is 0.242 e. The molecule has 0 spiro atoms. The smallest absolute Gasteiger partial charge is 0.242 e. The van der Waals surface area contributed by atoms with Crippen LogP contribution in [0.4, 0.5) is 0 Å². The molecular weight excluding hydrogens is 521 g/mol. The number of sulfonamides is 1. The van der Waals surface area contributed by atoms with E-state index < -0.39 is 10.0 Å². The molecule has 0 radical (unpaired) electrons. The van der Waals surface area contributed by atoms with Crippen molar-refractivity contribution in [2.24, 2.45) is 4.99 Å². The molecule has 0 saturated carbocycles. The summed E-state index contributed by atoms with van der Waals surface area (Å²) in [4.78, 5) is 10.5. The zero-order valence-electron chi connectivity index (χ0n) is 16.9. The average molecular weight is 547 g/mol. The van der Waals surface area contributed by atoms with E-state index in [-0.39, 0.29) is 42.2 Å². The van der Waals surface area contributed by atoms with Crippen LogP contribution in [0.15, 0.2) is 52.6 Å². The third kappa shape index (κ3) is 6.44. The number of nitrogens with one attached hydrogen (secondary N) is 2. The minimum atomic E-state index is -3.59. The summed E-state index contributed by atoms with van der Waals surface area (Å²) in [5.74, 6) is 2.17. The number of hydrogen-bond acceptors (Lipinski definition) is 6. The second kappa shape index (κ2) is 11.3. The van der Waals surface area contributed by atoms with Crippen LogP contribution in [0.1, 0.15) is 12.5 Å². The summed E-state index contributed by atoms with van der Waals surface area (Å²) in [5, 5.41) is 3.22. The number of fused-ring (bicyclic) bond motifs is 1. The van der Waals surface area contributed by atoms with Gasteiger partial charge in [-0.2, -0.15) is 0 Å². The van der Waals surface area contributed by atoms with Crippen molar-refractivity contribution in [3.05, 3.63) is 48.3 Å². The summed E-state index contributed by atoms with van der Waals surface area (Å²) in [6, 6.07) is 8.91. The Bertz CT molecular complexity index is 957. The fraction of sp³-hybridized carbons (Fsp3) is 0.368. The third-order valence-electron chi connectivity index (χ3n) is 4.16. The van der Waals surface area contributed by atoms with Gasteiger partial charge in [0.05, 0.1) is 6.54 Å². The Morgan fingerprint density at radius 1 is 1.27 bits per heavy atom. The first kappa shape index (κ1) is 24.2. The minimum absolute atomic E-state index is 0. The fourth-order valence-corrected chi connectivity index (χ4v) is 3.77. The quantitative estimate of drug-likeness (QED) is 0.225. The van der Waals surface area contributed by atoms with E-state index in [0.717, 1.165) is 17.1 Å². The van der Waals surface area contributed by atoms with Crippen molar-refractivity contribution in [2.45, 2.75) is 18.4 Å². The van der Waals surface area contributed by atoms with Gasteiger partial charge in [0.15, 0.2) is 17.5 Å². The molecule has 2 N–H and O–H groups in total. The minimum Gasteiger partial charge on any atom is -0.454 e. The van der Waals surface area contributed by atoms with Gasteiger partial charge in [-0.25, -0.2) is 13.1 Å². The number of pyridine rings is 1. The topological polar surface area (TPSA) is 105 Å². The number of rotatable bonds is 8. The molecule has 0 bridgehead atoms. The molecule has 30 heavy (non-hydrogen) atoms. The number of halogens is 1. The molecule has 1 aliphatic rings. The Balaban J connectivity index is 0.00000320. The lowest BCUT2D eigenvalue weighted by Crippen LogP contribution is -2.39. The zero-order chi connectivity index (χ0) is 20.7. The molecule has 11 heteroatoms. The molecule has 9 nitrogen and oxygen atoms in total. The molecule has 164 valence electrons. The van der Waals surface area contributed by atoms with Gasteiger partial charge >= 0.3 is 0 Å². The van der Waals surface area contributed by atoms with Crippen LogP contribution in [0.5, 0.6) is 11.5 Å². The Hall–Kier alpha value is -2.12. The normalized spacial score (nSPS) is 12.9. The molecule has 0 amide bonds. The molecule has 2 aromatic rings. The van der Waals surface area contributed by atoms with E-state index in [1.54, 1.807) is 6.07 Å². The highest BCUT2D eigenvalue weighted by Crippen LogP contribution is 2.32. The van der Waals surface area contributed by atoms with E-state index in [1.807, 2.05) is 37.1 Å². The first-order valence-corrected chi connectivity index (χ1v) is 10.8. The number of guanidine groups is 1. The van der Waals surface area contributed by atoms with Gasteiger partial charge in [0.25, 0.3) is 0 Å². The summed E-state index contributed by atoms with van der Waals surface area (Å²) in [6.07, 6.45) is 2.84. The van der Waals surface area contributed by atoms with Crippen LogP contribution in [0.2, 0.25) is 0 Å². The number of hydrogen-bond donors (Lipinski definition) is 2. The number of nitrogens with zero attached hydrogens (tertiary/aromatic N) is 3. The largest absolute Gasteiger partial charge is 0.454 e. The molecule has 0 fully saturated rings. The lowest BCUT2D eigenvalue weighted by molar-refractivity contribution is 0.174. The van der Waals surface area contributed by atoms with Crippen molar-refractivity contribution in [1.29, 1.82) is 0 Å². The van der Waals surface area contributed by atoms with Gasteiger partial charge in [-0.05, 0) is 36.8 Å². The molecule has 1 aromatic heterocycles. The van der Waals surface area contributed by atoms with Gasteiger partial charge < -0.3 is 19.7 Å². The van der Waals surface area contributed by atoms with Crippen LogP contribution in [0.3, 0.4) is 0 Å². The van der Waals surface area contributed by atoms with Crippen molar-refractivity contribution in [3.63, 3.8) is 0 Å². The van der Waals surface area contributed by atoms with Crippen LogP contribution >= 0.6 is 24.0 Å². The van der Waals surface area contributed by atoms with Crippen molar-refractivity contribution in [2.75, 3.05) is 33.5 Å². The molecule has 0 saturated heterocycles. The second-order valence-electron chi connectivity index (χ2n) is 6.37. The van der Waals surface area contributed by atoms with Gasteiger partial charge in [0.2, 0.25) is 16.8 Å². The van der Waals surface area contributed by atoms with Crippen molar-refractivity contribution < 1.29 is 17.9 Å². The summed E-state index contributed by atoms with van der Waals surface area (Å²) < 4.78 is 37.7. The predicted molar refractivity (Wildman–Crippen MR) is 125 cm³/mol. The Labute approximate surface area is 194 Å². The van der Waals surface area contributed by atoms with Gasteiger partial charge in [0, 0.05) is 39.1 Å². The summed E-state index contributed by atoms with van der Waals surface area (Å²) in [6.45, 7) is 4.02. The summed E-state index contributed by atoms with van der Waals surface area (Å²) in [7, 11) is -1.66. The van der Waals surface area contributed by atoms with E-state index in [2.05, 4.69) is 20.0 Å². The average Bonchev–Trinajstić information content (AvgIpc) is 3.19. The second-order valence-corrected chi connectivity index (χ2v) is 8.13. The number of aromatic nitrogens is 1. The molecule has 0 unspecified atom stereocenters. The first-order valence-electron chi connectivity index (χ1n) is 9.27. The van der Waals surface area contributed by atoms with Crippen molar-refractivity contribution in [3.8, 4) is 11.5 Å². The third-order valence-corrected chi connectivity index (χ3v) is 5.61. The fourth-order valence-electron chi connectivity index (χ4n) is 2.79. The number of aliphatic imine (C=N–C) groups is 1. The Kier molecular flexibility index (Phi) is 9.11. The van der Waals surface area contributed by atoms with E-state index in [4.69, 9.17) is 9.47 Å². The standard InChI is InChI=1S/C19H25N5O4S.HI/c1-3-21-19(22-9-10-23-29(25,26)16-5-4-8-20-12-16)24(2)13-15-6-7-17-18(11-15)28-14-27-17;/h4-8,11-12,23H,3,9-10,13-14H2,1-2H3,(H,21,22);1H. The maximum atomic E-state index is 12.2. The van der Waals surface area contributed by atoms with Crippen LogP contribution in [0, 0.1) is 0 Å². The molecule has 0 atom stereocenters. The van der Waals surface area contributed by atoms with Crippen LogP contribution in [-0.4, -0.2) is 57.7 Å². The van der Waals surface area contributed by atoms with Crippen LogP contribution < -0.4 is 19.5 Å². The highest BCUT2D eigenvalue weighted by molar-refractivity contribution is 14.0. The highest BCUT2D eigenvalue weighted by Gasteiger charge is 2.15. The van der Waals surface area contributed by atoms with Gasteiger partial charge in [-0.15, -0.1) is 24.0 Å². The molecular formula is C19H26IN5O4S. The molecule has 2 heterocycles. The predicted octanol–water partition coefficient (Wildman–Crippen LogP) is 1.80. The van der Waals surface area contributed by atoms with E-state index in [9.17, 15) is 8.42 Å². The highest BCUT2D eigenvalue weighted by atomic mass is 127. The summed E-state index contributed by atoms with van der Waals surface area (Å²) >= 11 is 0. The molecule has 3 rings (SSSR count). The van der Waals surface area contributed by atoms with Gasteiger partial charge in [-0.3, -0.25) is 9.98 Å². The van der Waals surface area contributed by atoms with E-state index in [1.165, 1.54) is 18.5 Å². The Morgan fingerprint density at radius 2 is 2.07 bits per heavy atom. The van der Waals surface area contributed by atoms with Crippen LogP contribution in [0.25, 0.3) is 0 Å². The van der Waals surface area contributed by atoms with Gasteiger partial charge in [0.1, 0.15) is 4.90 Å². The van der Waals surface area contributed by atoms with Crippen LogP contribution in [-0.2, 0) is 16.6 Å². The Morgan fingerprint density at radius 3 is 2.80 bits per heavy atom. The number of benzene rings is 1. The van der Waals surface area contributed by atoms with Gasteiger partial charge in [-0.1, -0.05) is 6.07 Å². The van der Waals surface area contributed by atoms with Crippen molar-refractivity contribution >= 4 is 40.0 Å². The lowest BCUT2D eigenvalue weighted by Gasteiger charge is -2.22. The monoisotopic (exact) mass is 547 g/mol. The molecule has 1 aliphatic heterocycles. The van der Waals surface area contributed by atoms with Crippen molar-refractivity contribution in [1.82, 2.24) is 19.9 Å². The first-order chi connectivity index (χ1) is 14.0. The van der Waals surface area contributed by atoms with E-state index in [0.29, 0.717) is 25.6 Å². The molecule has 1 aromatic carbocycles. The zero-order valence-corrected chi connectivity index (χ0v) is 20.0. The lowest BCUT2D eigenvalue weighted by atomic mass is 10.2. The molecule has 0 aliphatic carbocycles. The number of ether oxygens (including phenoxy) is 2. The van der Waals surface area contributed by atoms with E-state index >= 15 is 0 Å². The summed E-state index contributed by atoms with van der Waals surface area (Å²) in [5.41, 5.74) is 1.06. The maximum absolute atomic E-state index is 12.2. The SMILES string of the molecule is CCNC(=NCCNS(=O)(=O)c1cccnc1)N(C)Cc1ccc2c(c1)OCO2.I.